The van der Waals surface area contributed by atoms with Gasteiger partial charge in [-0.05, 0) is 73.4 Å². The molecular formula is C38H41Cl2N3O5S. The molecule has 258 valence electrons. The molecule has 1 aliphatic carbocycles. The Morgan fingerprint density at radius 3 is 2.27 bits per heavy atom. The van der Waals surface area contributed by atoms with Crippen LogP contribution in [-0.2, 0) is 32.6 Å². The predicted molar refractivity (Wildman–Crippen MR) is 195 cm³/mol. The lowest BCUT2D eigenvalue weighted by atomic mass is 9.94. The van der Waals surface area contributed by atoms with E-state index in [-0.39, 0.29) is 45.5 Å². The molecule has 0 aliphatic heterocycles. The molecule has 1 aliphatic rings. The number of amides is 2. The zero-order chi connectivity index (χ0) is 35.0. The minimum atomic E-state index is -4.33. The van der Waals surface area contributed by atoms with Crippen molar-refractivity contribution in [3.63, 3.8) is 0 Å². The lowest BCUT2D eigenvalue weighted by Gasteiger charge is -2.35. The number of carbonyl (C=O) groups excluding carboxylic acids is 2. The van der Waals surface area contributed by atoms with Crippen molar-refractivity contribution in [2.24, 2.45) is 0 Å². The minimum absolute atomic E-state index is 0.00280. The summed E-state index contributed by atoms with van der Waals surface area (Å²) >= 11 is 12.9. The molecule has 0 spiro atoms. The van der Waals surface area contributed by atoms with Crippen molar-refractivity contribution < 1.29 is 22.7 Å². The number of halogens is 2. The van der Waals surface area contributed by atoms with E-state index in [0.717, 1.165) is 47.5 Å². The number of sulfonamides is 1. The number of hydrogen-bond acceptors (Lipinski definition) is 5. The SMILES string of the molecule is COc1cccc(CN(C(=O)CN(c2cc(Cl)ccc2Cl)S(=O)(=O)c2ccc(C)cc2)[C@@H](Cc2ccccc2)C(=O)NC2CCCCC2)c1. The second-order valence-electron chi connectivity index (χ2n) is 12.3. The Balaban J connectivity index is 1.59. The van der Waals surface area contributed by atoms with Gasteiger partial charge in [-0.1, -0.05) is 103 Å². The zero-order valence-electron chi connectivity index (χ0n) is 27.6. The molecule has 0 aromatic heterocycles. The van der Waals surface area contributed by atoms with E-state index >= 15 is 0 Å². The predicted octanol–water partition coefficient (Wildman–Crippen LogP) is 7.59. The van der Waals surface area contributed by atoms with Gasteiger partial charge in [0.15, 0.2) is 0 Å². The summed E-state index contributed by atoms with van der Waals surface area (Å²) in [6, 6.07) is 26.6. The number of anilines is 1. The molecular weight excluding hydrogens is 681 g/mol. The van der Waals surface area contributed by atoms with Crippen molar-refractivity contribution in [2.75, 3.05) is 18.0 Å². The first-order valence-electron chi connectivity index (χ1n) is 16.4. The average Bonchev–Trinajstić information content (AvgIpc) is 3.10. The Labute approximate surface area is 299 Å². The van der Waals surface area contributed by atoms with Crippen LogP contribution in [0.25, 0.3) is 0 Å². The molecule has 1 fully saturated rings. The highest BCUT2D eigenvalue weighted by atomic mass is 35.5. The van der Waals surface area contributed by atoms with E-state index in [1.54, 1.807) is 37.4 Å². The summed E-state index contributed by atoms with van der Waals surface area (Å²) in [5, 5.41) is 3.57. The Kier molecular flexibility index (Phi) is 12.3. The number of nitrogens with one attached hydrogen (secondary N) is 1. The molecule has 2 amide bonds. The number of rotatable bonds is 13. The first-order chi connectivity index (χ1) is 23.5. The third kappa shape index (κ3) is 9.35. The Bertz CT molecular complexity index is 1850. The van der Waals surface area contributed by atoms with Crippen LogP contribution in [0, 0.1) is 6.92 Å². The molecule has 4 aromatic rings. The van der Waals surface area contributed by atoms with Crippen LogP contribution < -0.4 is 14.4 Å². The van der Waals surface area contributed by atoms with Crippen LogP contribution >= 0.6 is 23.2 Å². The van der Waals surface area contributed by atoms with Gasteiger partial charge in [-0.2, -0.15) is 0 Å². The quantitative estimate of drug-likeness (QED) is 0.154. The lowest BCUT2D eigenvalue weighted by molar-refractivity contribution is -0.140. The number of carbonyl (C=O) groups is 2. The molecule has 0 saturated heterocycles. The topological polar surface area (TPSA) is 96.0 Å². The summed E-state index contributed by atoms with van der Waals surface area (Å²) in [6.45, 7) is 1.24. The van der Waals surface area contributed by atoms with Crippen LogP contribution in [0.3, 0.4) is 0 Å². The third-order valence-electron chi connectivity index (χ3n) is 8.77. The van der Waals surface area contributed by atoms with Crippen LogP contribution in [0.4, 0.5) is 5.69 Å². The fourth-order valence-corrected chi connectivity index (χ4v) is 7.95. The third-order valence-corrected chi connectivity index (χ3v) is 11.1. The van der Waals surface area contributed by atoms with Crippen molar-refractivity contribution in [3.05, 3.63) is 124 Å². The number of nitrogens with zero attached hydrogens (tertiary/aromatic N) is 2. The van der Waals surface area contributed by atoms with Crippen LogP contribution in [0.2, 0.25) is 10.0 Å². The normalized spacial score (nSPS) is 14.1. The lowest BCUT2D eigenvalue weighted by Crippen LogP contribution is -2.55. The molecule has 5 rings (SSSR count). The molecule has 0 radical (unpaired) electrons. The first kappa shape index (κ1) is 36.2. The van der Waals surface area contributed by atoms with Gasteiger partial charge in [-0.15, -0.1) is 0 Å². The van der Waals surface area contributed by atoms with Gasteiger partial charge in [0, 0.05) is 24.0 Å². The van der Waals surface area contributed by atoms with Gasteiger partial charge in [0.05, 0.1) is 22.7 Å². The van der Waals surface area contributed by atoms with Gasteiger partial charge in [-0.3, -0.25) is 13.9 Å². The number of methoxy groups -OCH3 is 1. The van der Waals surface area contributed by atoms with Crippen LogP contribution in [-0.4, -0.2) is 50.9 Å². The summed E-state index contributed by atoms with van der Waals surface area (Å²) < 4.78 is 35.1. The summed E-state index contributed by atoms with van der Waals surface area (Å²) in [6.07, 6.45) is 5.11. The van der Waals surface area contributed by atoms with E-state index in [0.29, 0.717) is 11.3 Å². The highest BCUT2D eigenvalue weighted by molar-refractivity contribution is 7.92. The standard InChI is InChI=1S/C38H41Cl2N3O5S/c1-27-16-19-33(20-17-27)49(46,47)43(35-24-30(39)18-21-34(35)40)26-37(44)42(25-29-12-9-15-32(22-29)48-2)36(23-28-10-5-3-6-11-28)38(45)41-31-13-7-4-8-14-31/h3,5-6,9-12,15-22,24,31,36H,4,7-8,13-14,23,25-26H2,1-2H3,(H,41,45)/t36-/m0/s1. The number of benzene rings is 4. The van der Waals surface area contributed by atoms with Crippen molar-refractivity contribution >= 4 is 50.7 Å². The maximum absolute atomic E-state index is 14.8. The van der Waals surface area contributed by atoms with E-state index in [9.17, 15) is 18.0 Å². The van der Waals surface area contributed by atoms with Crippen molar-refractivity contribution in [1.29, 1.82) is 0 Å². The van der Waals surface area contributed by atoms with Gasteiger partial charge in [0.1, 0.15) is 18.3 Å². The fourth-order valence-electron chi connectivity index (χ4n) is 6.09. The Morgan fingerprint density at radius 1 is 0.878 bits per heavy atom. The molecule has 0 bridgehead atoms. The van der Waals surface area contributed by atoms with E-state index in [2.05, 4.69) is 5.32 Å². The number of aryl methyl sites for hydroxylation is 1. The van der Waals surface area contributed by atoms with Crippen LogP contribution in [0.5, 0.6) is 5.75 Å². The molecule has 0 unspecified atom stereocenters. The highest BCUT2D eigenvalue weighted by Crippen LogP contribution is 2.33. The van der Waals surface area contributed by atoms with Gasteiger partial charge >= 0.3 is 0 Å². The zero-order valence-corrected chi connectivity index (χ0v) is 30.0. The van der Waals surface area contributed by atoms with Gasteiger partial charge in [0.25, 0.3) is 10.0 Å². The largest absolute Gasteiger partial charge is 0.497 e. The Hall–Kier alpha value is -4.05. The van der Waals surface area contributed by atoms with E-state index < -0.39 is 28.5 Å². The maximum atomic E-state index is 14.8. The Morgan fingerprint density at radius 2 is 1.57 bits per heavy atom. The monoisotopic (exact) mass is 721 g/mol. The molecule has 1 atom stereocenters. The van der Waals surface area contributed by atoms with Crippen LogP contribution in [0.15, 0.2) is 102 Å². The fraction of sp³-hybridized carbons (Fsp3) is 0.316. The maximum Gasteiger partial charge on any atom is 0.264 e. The highest BCUT2D eigenvalue weighted by Gasteiger charge is 2.36. The molecule has 49 heavy (non-hydrogen) atoms. The first-order valence-corrected chi connectivity index (χ1v) is 18.6. The summed E-state index contributed by atoms with van der Waals surface area (Å²) in [7, 11) is -2.77. The van der Waals surface area contributed by atoms with Crippen molar-refractivity contribution in [1.82, 2.24) is 10.2 Å². The average molecular weight is 723 g/mol. The molecule has 0 heterocycles. The minimum Gasteiger partial charge on any atom is -0.497 e. The summed E-state index contributed by atoms with van der Waals surface area (Å²) in [4.78, 5) is 30.5. The van der Waals surface area contributed by atoms with Gasteiger partial charge < -0.3 is 15.0 Å². The molecule has 8 nitrogen and oxygen atoms in total. The van der Waals surface area contributed by atoms with E-state index in [1.165, 1.54) is 29.2 Å². The summed E-state index contributed by atoms with van der Waals surface area (Å²) in [5.74, 6) is -0.291. The van der Waals surface area contributed by atoms with E-state index in [4.69, 9.17) is 27.9 Å². The van der Waals surface area contributed by atoms with E-state index in [1.807, 2.05) is 49.4 Å². The molecule has 4 aromatic carbocycles. The molecule has 1 N–H and O–H groups in total. The molecule has 1 saturated carbocycles. The molecule has 11 heteroatoms. The van der Waals surface area contributed by atoms with Crippen molar-refractivity contribution in [2.45, 2.75) is 69.0 Å². The van der Waals surface area contributed by atoms with Crippen LogP contribution in [0.1, 0.15) is 48.8 Å². The summed E-state index contributed by atoms with van der Waals surface area (Å²) in [5.41, 5.74) is 2.50. The smallest absolute Gasteiger partial charge is 0.264 e. The second-order valence-corrected chi connectivity index (χ2v) is 15.0. The number of hydrogen-bond donors (Lipinski definition) is 1. The number of ether oxygens (including phenoxy) is 1. The second kappa shape index (κ2) is 16.6. The van der Waals surface area contributed by atoms with Crippen molar-refractivity contribution in [3.8, 4) is 5.75 Å². The van der Waals surface area contributed by atoms with Gasteiger partial charge in [0.2, 0.25) is 11.8 Å². The van der Waals surface area contributed by atoms with Gasteiger partial charge in [-0.25, -0.2) is 8.42 Å².